The van der Waals surface area contributed by atoms with Crippen molar-refractivity contribution in [1.29, 1.82) is 0 Å². The normalized spacial score (nSPS) is 15.7. The van der Waals surface area contributed by atoms with E-state index in [0.29, 0.717) is 0 Å². The largest absolute Gasteiger partial charge is 0.497 e. The monoisotopic (exact) mass is 277 g/mol. The molecule has 0 saturated carbocycles. The zero-order valence-corrected chi connectivity index (χ0v) is 11.9. The third kappa shape index (κ3) is 4.74. The highest BCUT2D eigenvalue weighted by Crippen LogP contribution is 2.16. The van der Waals surface area contributed by atoms with E-state index in [-0.39, 0.29) is 6.03 Å². The van der Waals surface area contributed by atoms with Gasteiger partial charge in [-0.05, 0) is 62.5 Å². The number of urea groups is 1. The lowest BCUT2D eigenvalue weighted by atomic mass is 9.95. The van der Waals surface area contributed by atoms with Crippen LogP contribution in [0.4, 0.5) is 10.5 Å². The van der Waals surface area contributed by atoms with Gasteiger partial charge in [0, 0.05) is 12.2 Å². The summed E-state index contributed by atoms with van der Waals surface area (Å²) in [6.07, 6.45) is 3.47. The number of ether oxygens (including phenoxy) is 1. The number of carbonyl (C=O) groups is 1. The van der Waals surface area contributed by atoms with Crippen LogP contribution in [0.25, 0.3) is 0 Å². The van der Waals surface area contributed by atoms with Crippen molar-refractivity contribution in [2.24, 2.45) is 5.92 Å². The van der Waals surface area contributed by atoms with E-state index < -0.39 is 0 Å². The molecular formula is C15H23N3O2. The van der Waals surface area contributed by atoms with Gasteiger partial charge in [-0.1, -0.05) is 0 Å². The molecule has 20 heavy (non-hydrogen) atoms. The predicted octanol–water partition coefficient (Wildman–Crippen LogP) is 2.21. The maximum Gasteiger partial charge on any atom is 0.319 e. The second-order valence-corrected chi connectivity index (χ2v) is 5.09. The van der Waals surface area contributed by atoms with Gasteiger partial charge >= 0.3 is 6.03 Å². The minimum absolute atomic E-state index is 0.149. The van der Waals surface area contributed by atoms with Gasteiger partial charge in [0.1, 0.15) is 5.75 Å². The van der Waals surface area contributed by atoms with Crippen molar-refractivity contribution < 1.29 is 9.53 Å². The molecule has 0 atom stereocenters. The molecule has 1 heterocycles. The van der Waals surface area contributed by atoms with E-state index in [1.165, 1.54) is 12.8 Å². The van der Waals surface area contributed by atoms with E-state index in [9.17, 15) is 4.79 Å². The minimum Gasteiger partial charge on any atom is -0.497 e. The first-order chi connectivity index (χ1) is 9.78. The number of amides is 2. The van der Waals surface area contributed by atoms with E-state index in [4.69, 9.17) is 4.74 Å². The molecule has 1 aliphatic heterocycles. The molecule has 1 fully saturated rings. The lowest BCUT2D eigenvalue weighted by molar-refractivity contribution is 0.250. The highest BCUT2D eigenvalue weighted by atomic mass is 16.5. The number of carbonyl (C=O) groups excluding carboxylic acids is 1. The summed E-state index contributed by atoms with van der Waals surface area (Å²) in [6, 6.07) is 7.15. The van der Waals surface area contributed by atoms with Crippen LogP contribution in [0.1, 0.15) is 19.3 Å². The number of nitrogens with one attached hydrogen (secondary N) is 3. The Morgan fingerprint density at radius 2 is 2.00 bits per heavy atom. The lowest BCUT2D eigenvalue weighted by Gasteiger charge is -2.22. The van der Waals surface area contributed by atoms with Crippen LogP contribution in [0, 0.1) is 5.92 Å². The van der Waals surface area contributed by atoms with Crippen molar-refractivity contribution in [3.05, 3.63) is 24.3 Å². The van der Waals surface area contributed by atoms with Gasteiger partial charge in [0.15, 0.2) is 0 Å². The number of hydrogen-bond acceptors (Lipinski definition) is 3. The fourth-order valence-corrected chi connectivity index (χ4v) is 2.41. The Bertz CT molecular complexity index is 414. The van der Waals surface area contributed by atoms with E-state index in [0.717, 1.165) is 43.4 Å². The summed E-state index contributed by atoms with van der Waals surface area (Å²) in [6.45, 7) is 2.93. The van der Waals surface area contributed by atoms with Crippen molar-refractivity contribution >= 4 is 11.7 Å². The summed E-state index contributed by atoms with van der Waals surface area (Å²) in [5.41, 5.74) is 0.769. The Morgan fingerprint density at radius 3 is 2.65 bits per heavy atom. The molecular weight excluding hydrogens is 254 g/mol. The summed E-state index contributed by atoms with van der Waals surface area (Å²) in [5.74, 6) is 1.51. The van der Waals surface area contributed by atoms with Crippen LogP contribution in [-0.2, 0) is 0 Å². The Hall–Kier alpha value is -1.75. The van der Waals surface area contributed by atoms with Crippen LogP contribution in [0.15, 0.2) is 24.3 Å². The molecule has 5 heteroatoms. The van der Waals surface area contributed by atoms with Gasteiger partial charge in [-0.2, -0.15) is 0 Å². The molecule has 0 spiro atoms. The molecule has 2 amide bonds. The molecule has 1 aromatic carbocycles. The molecule has 1 aromatic rings. The number of rotatable bonds is 5. The molecule has 110 valence electrons. The summed E-state index contributed by atoms with van der Waals surface area (Å²) in [7, 11) is 1.62. The molecule has 0 bridgehead atoms. The van der Waals surface area contributed by atoms with Crippen LogP contribution in [0.2, 0.25) is 0 Å². The van der Waals surface area contributed by atoms with Gasteiger partial charge in [-0.25, -0.2) is 4.79 Å². The van der Waals surface area contributed by atoms with Crippen LogP contribution >= 0.6 is 0 Å². The third-order valence-corrected chi connectivity index (χ3v) is 3.64. The average Bonchev–Trinajstić information content (AvgIpc) is 2.49. The van der Waals surface area contributed by atoms with Crippen LogP contribution in [0.5, 0.6) is 5.75 Å². The molecule has 1 aliphatic rings. The number of benzene rings is 1. The zero-order valence-electron chi connectivity index (χ0n) is 11.9. The maximum atomic E-state index is 11.7. The SMILES string of the molecule is COc1ccc(NC(=O)NCCC2CCNCC2)cc1. The number of anilines is 1. The highest BCUT2D eigenvalue weighted by molar-refractivity contribution is 5.89. The van der Waals surface area contributed by atoms with E-state index >= 15 is 0 Å². The highest BCUT2D eigenvalue weighted by Gasteiger charge is 2.12. The third-order valence-electron chi connectivity index (χ3n) is 3.64. The first-order valence-electron chi connectivity index (χ1n) is 7.17. The van der Waals surface area contributed by atoms with Gasteiger partial charge in [-0.15, -0.1) is 0 Å². The van der Waals surface area contributed by atoms with Crippen molar-refractivity contribution in [2.75, 3.05) is 32.1 Å². The summed E-state index contributed by atoms with van der Waals surface area (Å²) in [5, 5.41) is 9.06. The quantitative estimate of drug-likeness (QED) is 0.773. The van der Waals surface area contributed by atoms with Gasteiger partial charge in [0.05, 0.1) is 7.11 Å². The topological polar surface area (TPSA) is 62.4 Å². The van der Waals surface area contributed by atoms with E-state index in [1.807, 2.05) is 24.3 Å². The summed E-state index contributed by atoms with van der Waals surface area (Å²) < 4.78 is 5.07. The van der Waals surface area contributed by atoms with Crippen molar-refractivity contribution in [3.63, 3.8) is 0 Å². The maximum absolute atomic E-state index is 11.7. The molecule has 0 radical (unpaired) electrons. The van der Waals surface area contributed by atoms with Gasteiger partial charge in [-0.3, -0.25) is 0 Å². The summed E-state index contributed by atoms with van der Waals surface area (Å²) >= 11 is 0. The van der Waals surface area contributed by atoms with Crippen molar-refractivity contribution in [2.45, 2.75) is 19.3 Å². The van der Waals surface area contributed by atoms with Crippen LogP contribution in [-0.4, -0.2) is 32.8 Å². The fourth-order valence-electron chi connectivity index (χ4n) is 2.41. The van der Waals surface area contributed by atoms with Crippen molar-refractivity contribution in [3.8, 4) is 5.75 Å². The van der Waals surface area contributed by atoms with Gasteiger partial charge in [0.2, 0.25) is 0 Å². The number of piperidine rings is 1. The van der Waals surface area contributed by atoms with Crippen LogP contribution < -0.4 is 20.7 Å². The molecule has 0 unspecified atom stereocenters. The molecule has 0 aromatic heterocycles. The minimum atomic E-state index is -0.149. The smallest absolute Gasteiger partial charge is 0.319 e. The molecule has 1 saturated heterocycles. The molecule has 3 N–H and O–H groups in total. The first-order valence-corrected chi connectivity index (χ1v) is 7.17. The zero-order chi connectivity index (χ0) is 14.2. The number of hydrogen-bond donors (Lipinski definition) is 3. The Labute approximate surface area is 120 Å². The van der Waals surface area contributed by atoms with Gasteiger partial charge < -0.3 is 20.7 Å². The molecule has 2 rings (SSSR count). The van der Waals surface area contributed by atoms with E-state index in [1.54, 1.807) is 7.11 Å². The predicted molar refractivity (Wildman–Crippen MR) is 80.2 cm³/mol. The average molecular weight is 277 g/mol. The van der Waals surface area contributed by atoms with Crippen LogP contribution in [0.3, 0.4) is 0 Å². The Balaban J connectivity index is 1.66. The molecule has 0 aliphatic carbocycles. The van der Waals surface area contributed by atoms with E-state index in [2.05, 4.69) is 16.0 Å². The van der Waals surface area contributed by atoms with Gasteiger partial charge in [0.25, 0.3) is 0 Å². The fraction of sp³-hybridized carbons (Fsp3) is 0.533. The second kappa shape index (κ2) is 7.75. The summed E-state index contributed by atoms with van der Waals surface area (Å²) in [4.78, 5) is 11.7. The second-order valence-electron chi connectivity index (χ2n) is 5.09. The Morgan fingerprint density at radius 1 is 1.30 bits per heavy atom. The van der Waals surface area contributed by atoms with Crippen molar-refractivity contribution in [1.82, 2.24) is 10.6 Å². The number of methoxy groups -OCH3 is 1. The molecule has 5 nitrogen and oxygen atoms in total. The lowest BCUT2D eigenvalue weighted by Crippen LogP contribution is -2.33. The Kier molecular flexibility index (Phi) is 5.68. The standard InChI is InChI=1S/C15H23N3O2/c1-20-14-4-2-13(3-5-14)18-15(19)17-11-8-12-6-9-16-10-7-12/h2-5,12,16H,6-11H2,1H3,(H2,17,18,19). The first kappa shape index (κ1) is 14.7.